The average molecular weight is 627 g/mol. The van der Waals surface area contributed by atoms with E-state index in [1.165, 1.54) is 193 Å². The van der Waals surface area contributed by atoms with Gasteiger partial charge in [0.2, 0.25) is 0 Å². The molecule has 0 aliphatic heterocycles. The second-order valence-electron chi connectivity index (χ2n) is 13.5. The lowest BCUT2D eigenvalue weighted by Gasteiger charge is -2.24. The first-order chi connectivity index (χ1) is 20.7. The Morgan fingerprint density at radius 3 is 0.881 bits per heavy atom. The maximum Gasteiger partial charge on any atom is 0.129 e. The third-order valence-corrected chi connectivity index (χ3v) is 11.9. The van der Waals surface area contributed by atoms with Gasteiger partial charge in [0, 0.05) is 16.9 Å². The molecule has 0 radical (unpaired) electrons. The summed E-state index contributed by atoms with van der Waals surface area (Å²) in [5.74, 6) is 0.352. The molecule has 0 bridgehead atoms. The van der Waals surface area contributed by atoms with Crippen LogP contribution in [0.4, 0.5) is 0 Å². The maximum atomic E-state index is 10.9. The Kier molecular flexibility index (Phi) is 36.2. The van der Waals surface area contributed by atoms with Crippen molar-refractivity contribution in [1.29, 1.82) is 0 Å². The van der Waals surface area contributed by atoms with Crippen LogP contribution in [0.2, 0.25) is 0 Å². The fourth-order valence-corrected chi connectivity index (χ4v) is 8.82. The summed E-state index contributed by atoms with van der Waals surface area (Å²) in [6.45, 7) is 4.02. The van der Waals surface area contributed by atoms with Gasteiger partial charge in [-0.25, -0.2) is 0 Å². The Morgan fingerprint density at radius 2 is 0.643 bits per heavy atom. The smallest absolute Gasteiger partial charge is 0.129 e. The van der Waals surface area contributed by atoms with Crippen molar-refractivity contribution in [2.45, 2.75) is 230 Å². The van der Waals surface area contributed by atoms with Crippen LogP contribution in [0.1, 0.15) is 219 Å². The van der Waals surface area contributed by atoms with E-state index in [-0.39, 0.29) is 0 Å². The van der Waals surface area contributed by atoms with Gasteiger partial charge in [-0.1, -0.05) is 187 Å². The molecule has 0 aliphatic rings. The summed E-state index contributed by atoms with van der Waals surface area (Å²) >= 11 is 4.28. The minimum Gasteiger partial charge on any atom is -0.300 e. The molecule has 2 unspecified atom stereocenters. The molecule has 0 aromatic heterocycles. The highest BCUT2D eigenvalue weighted by Crippen LogP contribution is 2.30. The van der Waals surface area contributed by atoms with Gasteiger partial charge >= 0.3 is 0 Å². The average Bonchev–Trinajstić information content (AvgIpc) is 2.99. The Balaban J connectivity index is 3.34. The van der Waals surface area contributed by atoms with E-state index in [0.29, 0.717) is 5.78 Å². The topological polar surface area (TPSA) is 17.1 Å². The highest BCUT2D eigenvalue weighted by atomic mass is 32.2. The van der Waals surface area contributed by atoms with Gasteiger partial charge in [0.15, 0.2) is 0 Å². The van der Waals surface area contributed by atoms with Crippen LogP contribution in [0.15, 0.2) is 0 Å². The number of unbranched alkanes of at least 4 members (excludes halogenated alkanes) is 27. The Labute approximate surface area is 275 Å². The zero-order valence-corrected chi connectivity index (χ0v) is 31.1. The van der Waals surface area contributed by atoms with Crippen molar-refractivity contribution >= 4 is 29.3 Å². The summed E-state index contributed by atoms with van der Waals surface area (Å²) in [6.07, 6.45) is 49.7. The molecule has 0 rings (SSSR count). The minimum absolute atomic E-state index is 0.352. The predicted molar refractivity (Wildman–Crippen MR) is 199 cm³/mol. The number of ketones is 1. The summed E-state index contributed by atoms with van der Waals surface area (Å²) in [5, 5.41) is 1.75. The first-order valence-electron chi connectivity index (χ1n) is 19.2. The molecule has 0 fully saturated rings. The largest absolute Gasteiger partial charge is 0.300 e. The standard InChI is InChI=1S/C39H78OS2/c1-5-6-7-8-29-32-35-38(41-3)39(42-4)36-33-30-27-25-23-21-19-17-15-13-11-9-10-12-14-16-18-20-22-24-26-28-31-34-37(2)40/h38-39H,5-36H2,1-4H3. The van der Waals surface area contributed by atoms with Crippen molar-refractivity contribution in [2.24, 2.45) is 0 Å². The number of hydrogen-bond acceptors (Lipinski definition) is 3. The molecule has 42 heavy (non-hydrogen) atoms. The lowest BCUT2D eigenvalue weighted by atomic mass is 10.0. The number of thioether (sulfide) groups is 2. The second-order valence-corrected chi connectivity index (χ2v) is 15.6. The van der Waals surface area contributed by atoms with Crippen molar-refractivity contribution in [3.05, 3.63) is 0 Å². The quantitative estimate of drug-likeness (QED) is 0.0644. The molecule has 0 heterocycles. The van der Waals surface area contributed by atoms with Crippen molar-refractivity contribution < 1.29 is 4.79 Å². The summed E-state index contributed by atoms with van der Waals surface area (Å²) in [5.41, 5.74) is 0. The van der Waals surface area contributed by atoms with Crippen LogP contribution in [-0.4, -0.2) is 28.8 Å². The molecule has 0 saturated carbocycles. The molecule has 0 aliphatic carbocycles. The zero-order valence-electron chi connectivity index (χ0n) is 29.5. The van der Waals surface area contributed by atoms with E-state index >= 15 is 0 Å². The number of hydrogen-bond donors (Lipinski definition) is 0. The first-order valence-corrected chi connectivity index (χ1v) is 21.8. The number of Topliss-reactive ketones (excluding diaryl/α,β-unsaturated/α-hetero) is 1. The Bertz CT molecular complexity index is 523. The van der Waals surface area contributed by atoms with E-state index < -0.39 is 0 Å². The molecular weight excluding hydrogens is 549 g/mol. The zero-order chi connectivity index (χ0) is 30.8. The highest BCUT2D eigenvalue weighted by Gasteiger charge is 2.19. The number of carbonyl (C=O) groups is 1. The van der Waals surface area contributed by atoms with Gasteiger partial charge in [0.1, 0.15) is 5.78 Å². The molecule has 0 aromatic carbocycles. The van der Waals surface area contributed by atoms with Crippen molar-refractivity contribution in [1.82, 2.24) is 0 Å². The minimum atomic E-state index is 0.352. The lowest BCUT2D eigenvalue weighted by molar-refractivity contribution is -0.117. The Morgan fingerprint density at radius 1 is 0.405 bits per heavy atom. The predicted octanol–water partition coefficient (Wildman–Crippen LogP) is 14.5. The van der Waals surface area contributed by atoms with Gasteiger partial charge in [0.05, 0.1) is 0 Å². The molecule has 0 saturated heterocycles. The van der Waals surface area contributed by atoms with Gasteiger partial charge in [0.25, 0.3) is 0 Å². The first kappa shape index (κ1) is 42.4. The van der Waals surface area contributed by atoms with E-state index in [1.807, 2.05) is 0 Å². The van der Waals surface area contributed by atoms with Crippen LogP contribution < -0.4 is 0 Å². The van der Waals surface area contributed by atoms with Gasteiger partial charge in [-0.15, -0.1) is 0 Å². The van der Waals surface area contributed by atoms with Crippen LogP contribution >= 0.6 is 23.5 Å². The van der Waals surface area contributed by atoms with Crippen LogP contribution in [-0.2, 0) is 4.79 Å². The van der Waals surface area contributed by atoms with Crippen LogP contribution in [0, 0.1) is 0 Å². The SMILES string of the molecule is CCCCCCCCC(SC)C(CCCCCCCCCCCCCCCCCCCCCCCCCC(C)=O)SC. The van der Waals surface area contributed by atoms with Crippen LogP contribution in [0.25, 0.3) is 0 Å². The number of rotatable bonds is 36. The molecule has 0 amide bonds. The Hall–Kier alpha value is 0.370. The molecule has 1 nitrogen and oxygen atoms in total. The van der Waals surface area contributed by atoms with E-state index in [4.69, 9.17) is 0 Å². The van der Waals surface area contributed by atoms with Crippen molar-refractivity contribution in [3.8, 4) is 0 Å². The molecule has 0 N–H and O–H groups in total. The van der Waals surface area contributed by atoms with Crippen molar-refractivity contribution in [2.75, 3.05) is 12.5 Å². The monoisotopic (exact) mass is 627 g/mol. The lowest BCUT2D eigenvalue weighted by Crippen LogP contribution is -2.19. The second kappa shape index (κ2) is 35.8. The van der Waals surface area contributed by atoms with Gasteiger partial charge in [-0.05, 0) is 38.7 Å². The van der Waals surface area contributed by atoms with E-state index in [0.717, 1.165) is 23.3 Å². The molecule has 2 atom stereocenters. The van der Waals surface area contributed by atoms with E-state index in [1.54, 1.807) is 6.92 Å². The van der Waals surface area contributed by atoms with Gasteiger partial charge in [-0.3, -0.25) is 0 Å². The number of carbonyl (C=O) groups excluding carboxylic acids is 1. The highest BCUT2D eigenvalue weighted by molar-refractivity contribution is 8.03. The summed E-state index contributed by atoms with van der Waals surface area (Å²) in [7, 11) is 0. The summed E-state index contributed by atoms with van der Waals surface area (Å²) < 4.78 is 0. The molecule has 0 spiro atoms. The fourth-order valence-electron chi connectivity index (χ4n) is 6.47. The van der Waals surface area contributed by atoms with E-state index in [2.05, 4.69) is 43.0 Å². The summed E-state index contributed by atoms with van der Waals surface area (Å²) in [6, 6.07) is 0. The molecule has 3 heteroatoms. The summed E-state index contributed by atoms with van der Waals surface area (Å²) in [4.78, 5) is 10.9. The third kappa shape index (κ3) is 31.8. The normalized spacial score (nSPS) is 13.0. The third-order valence-electron chi connectivity index (χ3n) is 9.38. The molecular formula is C39H78OS2. The maximum absolute atomic E-state index is 10.9. The van der Waals surface area contributed by atoms with Crippen LogP contribution in [0.5, 0.6) is 0 Å². The van der Waals surface area contributed by atoms with Gasteiger partial charge in [-0.2, -0.15) is 23.5 Å². The van der Waals surface area contributed by atoms with E-state index in [9.17, 15) is 4.79 Å². The van der Waals surface area contributed by atoms with Crippen LogP contribution in [0.3, 0.4) is 0 Å². The van der Waals surface area contributed by atoms with Crippen molar-refractivity contribution in [3.63, 3.8) is 0 Å². The molecule has 252 valence electrons. The fraction of sp³-hybridized carbons (Fsp3) is 0.974. The molecule has 0 aromatic rings. The van der Waals surface area contributed by atoms with Gasteiger partial charge < -0.3 is 4.79 Å².